The van der Waals surface area contributed by atoms with Crippen LogP contribution in [-0.4, -0.2) is 45.0 Å². The summed E-state index contributed by atoms with van der Waals surface area (Å²) < 4.78 is 33.2. The van der Waals surface area contributed by atoms with Crippen molar-refractivity contribution in [2.75, 3.05) is 13.2 Å². The smallest absolute Gasteiger partial charge is 0.215 e. The third-order valence-corrected chi connectivity index (χ3v) is 6.49. The predicted octanol–water partition coefficient (Wildman–Crippen LogP) is 1.25. The maximum atomic E-state index is 12.3. The topological polar surface area (TPSA) is 67.4 Å². The molecular formula is C14H28N2O3S. The Balaban J connectivity index is 1.85. The zero-order valence-corrected chi connectivity index (χ0v) is 13.8. The lowest BCUT2D eigenvalue weighted by molar-refractivity contribution is -0.108. The molecule has 2 saturated carbocycles. The van der Waals surface area contributed by atoms with Crippen molar-refractivity contribution in [2.24, 2.45) is 5.41 Å². The van der Waals surface area contributed by atoms with E-state index in [2.05, 4.69) is 23.9 Å². The van der Waals surface area contributed by atoms with Gasteiger partial charge in [-0.2, -0.15) is 0 Å². The van der Waals surface area contributed by atoms with Crippen molar-refractivity contribution in [2.45, 2.75) is 70.4 Å². The highest BCUT2D eigenvalue weighted by Gasteiger charge is 2.50. The summed E-state index contributed by atoms with van der Waals surface area (Å²) in [4.78, 5) is 0. The molecule has 6 heteroatoms. The van der Waals surface area contributed by atoms with Crippen LogP contribution in [0.1, 0.15) is 47.0 Å². The summed E-state index contributed by atoms with van der Waals surface area (Å²) >= 11 is 0. The van der Waals surface area contributed by atoms with Crippen molar-refractivity contribution in [3.8, 4) is 0 Å². The molecule has 20 heavy (non-hydrogen) atoms. The Hall–Kier alpha value is -0.170. The molecule has 0 aliphatic heterocycles. The van der Waals surface area contributed by atoms with Gasteiger partial charge < -0.3 is 10.1 Å². The normalized spacial score (nSPS) is 30.8. The van der Waals surface area contributed by atoms with Crippen LogP contribution < -0.4 is 10.0 Å². The first-order valence-electron chi connectivity index (χ1n) is 7.63. The average molecular weight is 304 g/mol. The maximum absolute atomic E-state index is 12.3. The second kappa shape index (κ2) is 5.91. The van der Waals surface area contributed by atoms with Crippen LogP contribution in [0.15, 0.2) is 0 Å². The summed E-state index contributed by atoms with van der Waals surface area (Å²) in [7, 11) is -3.27. The van der Waals surface area contributed by atoms with Gasteiger partial charge in [0.1, 0.15) is 0 Å². The molecule has 0 radical (unpaired) electrons. The Morgan fingerprint density at radius 2 is 2.00 bits per heavy atom. The molecule has 0 aromatic heterocycles. The highest BCUT2D eigenvalue weighted by Crippen LogP contribution is 2.43. The second-order valence-corrected chi connectivity index (χ2v) is 8.84. The minimum absolute atomic E-state index is 0.0209. The second-order valence-electron chi connectivity index (χ2n) is 6.71. The van der Waals surface area contributed by atoms with Crippen LogP contribution in [0.4, 0.5) is 0 Å². The van der Waals surface area contributed by atoms with E-state index in [0.29, 0.717) is 19.2 Å². The molecular weight excluding hydrogens is 276 g/mol. The molecule has 0 bridgehead atoms. The van der Waals surface area contributed by atoms with Crippen molar-refractivity contribution in [1.29, 1.82) is 0 Å². The van der Waals surface area contributed by atoms with Crippen LogP contribution in [0.25, 0.3) is 0 Å². The van der Waals surface area contributed by atoms with Crippen molar-refractivity contribution >= 4 is 10.0 Å². The van der Waals surface area contributed by atoms with E-state index in [9.17, 15) is 8.42 Å². The number of ether oxygens (including phenoxy) is 1. The van der Waals surface area contributed by atoms with Gasteiger partial charge in [0.2, 0.25) is 10.0 Å². The molecule has 3 atom stereocenters. The number of sulfonamides is 1. The van der Waals surface area contributed by atoms with Crippen molar-refractivity contribution in [3.05, 3.63) is 0 Å². The fraction of sp³-hybridized carbons (Fsp3) is 1.00. The third-order valence-electron chi connectivity index (χ3n) is 4.65. The van der Waals surface area contributed by atoms with Gasteiger partial charge in [-0.15, -0.1) is 0 Å². The van der Waals surface area contributed by atoms with Crippen LogP contribution in [-0.2, 0) is 14.8 Å². The van der Waals surface area contributed by atoms with Gasteiger partial charge in [-0.1, -0.05) is 13.8 Å². The Labute approximate surface area is 122 Å². The van der Waals surface area contributed by atoms with E-state index < -0.39 is 15.3 Å². The molecule has 0 spiro atoms. The van der Waals surface area contributed by atoms with E-state index in [4.69, 9.17) is 4.74 Å². The molecule has 0 amide bonds. The molecule has 2 aliphatic rings. The number of hydrogen-bond donors (Lipinski definition) is 2. The summed E-state index contributed by atoms with van der Waals surface area (Å²) in [5, 5.41) is 2.88. The van der Waals surface area contributed by atoms with Crippen molar-refractivity contribution in [3.63, 3.8) is 0 Å². The van der Waals surface area contributed by atoms with Crippen LogP contribution >= 0.6 is 0 Å². The summed E-state index contributed by atoms with van der Waals surface area (Å²) in [6.45, 7) is 9.08. The van der Waals surface area contributed by atoms with E-state index in [1.54, 1.807) is 6.92 Å². The molecule has 2 rings (SSSR count). The van der Waals surface area contributed by atoms with Gasteiger partial charge in [0.15, 0.2) is 0 Å². The maximum Gasteiger partial charge on any atom is 0.215 e. The number of rotatable bonds is 8. The molecule has 5 nitrogen and oxygen atoms in total. The van der Waals surface area contributed by atoms with Crippen LogP contribution in [0.5, 0.6) is 0 Å². The van der Waals surface area contributed by atoms with Crippen LogP contribution in [0, 0.1) is 5.41 Å². The minimum atomic E-state index is -3.27. The average Bonchev–Trinajstić information content (AvgIpc) is 3.18. The van der Waals surface area contributed by atoms with Gasteiger partial charge in [0.05, 0.1) is 11.4 Å². The Kier molecular flexibility index (Phi) is 4.79. The molecule has 118 valence electrons. The molecule has 2 aliphatic carbocycles. The Morgan fingerprint density at radius 3 is 2.50 bits per heavy atom. The van der Waals surface area contributed by atoms with Crippen molar-refractivity contribution < 1.29 is 13.2 Å². The van der Waals surface area contributed by atoms with E-state index in [0.717, 1.165) is 6.42 Å². The quantitative estimate of drug-likeness (QED) is 0.708. The first-order valence-corrected chi connectivity index (χ1v) is 9.18. The standard InChI is InChI=1S/C14H28N2O3S/c1-5-19-13-8-12(14(13,3)4)16-20(17,18)10(2)9-15-11-6-7-11/h10-13,15-16H,5-9H2,1-4H3. The van der Waals surface area contributed by atoms with Gasteiger partial charge in [0.25, 0.3) is 0 Å². The van der Waals surface area contributed by atoms with Gasteiger partial charge in [-0.05, 0) is 33.1 Å². The number of hydrogen-bond acceptors (Lipinski definition) is 4. The Morgan fingerprint density at radius 1 is 1.35 bits per heavy atom. The summed E-state index contributed by atoms with van der Waals surface area (Å²) in [5.41, 5.74) is -0.132. The summed E-state index contributed by atoms with van der Waals surface area (Å²) in [5.74, 6) is 0. The molecule has 2 N–H and O–H groups in total. The zero-order valence-electron chi connectivity index (χ0n) is 13.0. The molecule has 0 saturated heterocycles. The lowest BCUT2D eigenvalue weighted by Crippen LogP contribution is -2.63. The van der Waals surface area contributed by atoms with Gasteiger partial charge in [-0.3, -0.25) is 0 Å². The fourth-order valence-electron chi connectivity index (χ4n) is 2.61. The fourth-order valence-corrected chi connectivity index (χ4v) is 3.96. The van der Waals surface area contributed by atoms with E-state index in [1.807, 2.05) is 6.92 Å². The van der Waals surface area contributed by atoms with E-state index >= 15 is 0 Å². The van der Waals surface area contributed by atoms with Crippen molar-refractivity contribution in [1.82, 2.24) is 10.0 Å². The lowest BCUT2D eigenvalue weighted by Gasteiger charge is -2.51. The molecule has 0 aromatic rings. The first-order chi connectivity index (χ1) is 9.27. The largest absolute Gasteiger partial charge is 0.378 e. The molecule has 2 fully saturated rings. The highest BCUT2D eigenvalue weighted by atomic mass is 32.2. The summed E-state index contributed by atoms with van der Waals surface area (Å²) in [6.07, 6.45) is 3.26. The SMILES string of the molecule is CCOC1CC(NS(=O)(=O)C(C)CNC2CC2)C1(C)C. The summed E-state index contributed by atoms with van der Waals surface area (Å²) in [6, 6.07) is 0.516. The molecule has 0 heterocycles. The Bertz CT molecular complexity index is 432. The molecule has 3 unspecified atom stereocenters. The predicted molar refractivity (Wildman–Crippen MR) is 80.1 cm³/mol. The van der Waals surface area contributed by atoms with Gasteiger partial charge >= 0.3 is 0 Å². The lowest BCUT2D eigenvalue weighted by atomic mass is 9.65. The van der Waals surface area contributed by atoms with E-state index in [1.165, 1.54) is 12.8 Å². The third kappa shape index (κ3) is 3.53. The highest BCUT2D eigenvalue weighted by molar-refractivity contribution is 7.90. The zero-order chi connectivity index (χ0) is 15.0. The minimum Gasteiger partial charge on any atom is -0.378 e. The monoisotopic (exact) mass is 304 g/mol. The first kappa shape index (κ1) is 16.2. The van der Waals surface area contributed by atoms with Crippen LogP contribution in [0.2, 0.25) is 0 Å². The van der Waals surface area contributed by atoms with E-state index in [-0.39, 0.29) is 17.6 Å². The van der Waals surface area contributed by atoms with Gasteiger partial charge in [-0.25, -0.2) is 13.1 Å². The van der Waals surface area contributed by atoms with Crippen LogP contribution in [0.3, 0.4) is 0 Å². The van der Waals surface area contributed by atoms with Gasteiger partial charge in [0, 0.05) is 30.7 Å². The molecule has 0 aromatic carbocycles. The number of nitrogens with one attached hydrogen (secondary N) is 2.